The normalized spacial score (nSPS) is 14.6. The Morgan fingerprint density at radius 3 is 2.55 bits per heavy atom. The van der Waals surface area contributed by atoms with Crippen molar-refractivity contribution in [2.24, 2.45) is 11.1 Å². The third-order valence-electron chi connectivity index (χ3n) is 3.35. The van der Waals surface area contributed by atoms with Gasteiger partial charge < -0.3 is 10.8 Å². The van der Waals surface area contributed by atoms with E-state index in [1.54, 1.807) is 6.07 Å². The molecule has 0 spiro atoms. The van der Waals surface area contributed by atoms with Crippen molar-refractivity contribution in [1.29, 1.82) is 0 Å². The summed E-state index contributed by atoms with van der Waals surface area (Å²) in [7, 11) is 0. The average Bonchev–Trinajstić information content (AvgIpc) is 2.89. The molecule has 0 aliphatic heterocycles. The van der Waals surface area contributed by atoms with E-state index in [1.165, 1.54) is 18.3 Å². The van der Waals surface area contributed by atoms with E-state index in [9.17, 15) is 14.3 Å². The number of carbonyl (C=O) groups is 1. The highest BCUT2D eigenvalue weighted by Crippen LogP contribution is 2.35. The average molecular weight is 306 g/mol. The third-order valence-corrected chi connectivity index (χ3v) is 3.35. The molecule has 0 radical (unpaired) electrons. The summed E-state index contributed by atoms with van der Waals surface area (Å²) in [6, 6.07) is 4.21. The lowest BCUT2D eigenvalue weighted by atomic mass is 9.76. The van der Waals surface area contributed by atoms with Crippen molar-refractivity contribution >= 4 is 5.97 Å². The molecule has 6 nitrogen and oxygen atoms in total. The maximum atomic E-state index is 14.5. The number of carboxylic acid groups (broad SMARTS) is 1. The molecule has 0 saturated heterocycles. The number of rotatable bonds is 4. The van der Waals surface area contributed by atoms with Gasteiger partial charge >= 0.3 is 5.97 Å². The number of halogens is 1. The number of aromatic amines is 1. The van der Waals surface area contributed by atoms with E-state index in [-0.39, 0.29) is 17.4 Å². The summed E-state index contributed by atoms with van der Waals surface area (Å²) in [6.07, 6.45) is 1.63. The Morgan fingerprint density at radius 1 is 1.41 bits per heavy atom. The van der Waals surface area contributed by atoms with Crippen molar-refractivity contribution in [2.75, 3.05) is 0 Å². The van der Waals surface area contributed by atoms with Gasteiger partial charge in [0.15, 0.2) is 0 Å². The second kappa shape index (κ2) is 5.49. The monoisotopic (exact) mass is 306 g/mol. The Labute approximate surface area is 127 Å². The second-order valence-corrected chi connectivity index (χ2v) is 6.57. The van der Waals surface area contributed by atoms with E-state index in [4.69, 9.17) is 5.73 Å². The van der Waals surface area contributed by atoms with Gasteiger partial charge in [-0.1, -0.05) is 38.1 Å². The molecule has 0 amide bonds. The number of carboxylic acids is 1. The van der Waals surface area contributed by atoms with Gasteiger partial charge in [0.05, 0.1) is 0 Å². The van der Waals surface area contributed by atoms with Crippen molar-refractivity contribution in [3.63, 3.8) is 0 Å². The zero-order valence-corrected chi connectivity index (χ0v) is 12.7. The minimum Gasteiger partial charge on any atom is -0.480 e. The van der Waals surface area contributed by atoms with Gasteiger partial charge in [0.2, 0.25) is 0 Å². The fourth-order valence-corrected chi connectivity index (χ4v) is 2.50. The standard InChI is InChI=1S/C15H19FN4O2/c1-14(2,3)8-15(17,13(21)22)10-5-4-9(6-11(10)16)12-7-18-20-19-12/h4-7H,8,17H2,1-3H3,(H,21,22)(H,18,19,20). The van der Waals surface area contributed by atoms with E-state index in [1.807, 2.05) is 20.8 Å². The molecule has 1 aromatic heterocycles. The van der Waals surface area contributed by atoms with Crippen molar-refractivity contribution in [2.45, 2.75) is 32.7 Å². The van der Waals surface area contributed by atoms with Crippen molar-refractivity contribution in [1.82, 2.24) is 15.4 Å². The van der Waals surface area contributed by atoms with Crippen LogP contribution in [-0.4, -0.2) is 26.5 Å². The molecule has 22 heavy (non-hydrogen) atoms. The fraction of sp³-hybridized carbons (Fsp3) is 0.400. The number of nitrogens with two attached hydrogens (primary N) is 1. The van der Waals surface area contributed by atoms with Crippen molar-refractivity contribution in [3.05, 3.63) is 35.8 Å². The summed E-state index contributed by atoms with van der Waals surface area (Å²) in [4.78, 5) is 11.6. The minimum absolute atomic E-state index is 0.0397. The quantitative estimate of drug-likeness (QED) is 0.803. The summed E-state index contributed by atoms with van der Waals surface area (Å²) in [6.45, 7) is 5.58. The zero-order valence-electron chi connectivity index (χ0n) is 12.7. The summed E-state index contributed by atoms with van der Waals surface area (Å²) in [5.41, 5.74) is 4.82. The van der Waals surface area contributed by atoms with Gasteiger partial charge in [-0.15, -0.1) is 5.10 Å². The molecule has 0 aliphatic carbocycles. The van der Waals surface area contributed by atoms with Crippen molar-refractivity contribution in [3.8, 4) is 11.3 Å². The molecule has 0 bridgehead atoms. The van der Waals surface area contributed by atoms with E-state index >= 15 is 0 Å². The van der Waals surface area contributed by atoms with Gasteiger partial charge in [0.1, 0.15) is 17.1 Å². The molecule has 1 aromatic carbocycles. The highest BCUT2D eigenvalue weighted by atomic mass is 19.1. The Hall–Kier alpha value is -2.28. The van der Waals surface area contributed by atoms with E-state index in [0.29, 0.717) is 11.3 Å². The number of aromatic nitrogens is 3. The number of H-pyrrole nitrogens is 1. The maximum Gasteiger partial charge on any atom is 0.328 e. The van der Waals surface area contributed by atoms with Gasteiger partial charge in [0.25, 0.3) is 0 Å². The number of aliphatic carboxylic acids is 1. The first-order valence-electron chi connectivity index (χ1n) is 6.83. The maximum absolute atomic E-state index is 14.5. The summed E-state index contributed by atoms with van der Waals surface area (Å²) >= 11 is 0. The molecule has 7 heteroatoms. The Bertz CT molecular complexity index is 679. The van der Waals surface area contributed by atoms with Crippen LogP contribution in [0.5, 0.6) is 0 Å². The van der Waals surface area contributed by atoms with Crippen LogP contribution < -0.4 is 5.73 Å². The van der Waals surface area contributed by atoms with Gasteiger partial charge in [-0.3, -0.25) is 5.10 Å². The van der Waals surface area contributed by atoms with Crippen LogP contribution in [0.2, 0.25) is 0 Å². The predicted octanol–water partition coefficient (Wildman–Crippen LogP) is 2.29. The van der Waals surface area contributed by atoms with E-state index < -0.39 is 17.3 Å². The Morgan fingerprint density at radius 2 is 2.09 bits per heavy atom. The molecule has 1 heterocycles. The highest BCUT2D eigenvalue weighted by Gasteiger charge is 2.41. The third kappa shape index (κ3) is 3.14. The molecule has 2 aromatic rings. The smallest absolute Gasteiger partial charge is 0.328 e. The van der Waals surface area contributed by atoms with Gasteiger partial charge in [-0.05, 0) is 17.9 Å². The number of benzene rings is 1. The van der Waals surface area contributed by atoms with Gasteiger partial charge in [-0.2, -0.15) is 0 Å². The van der Waals surface area contributed by atoms with Gasteiger partial charge in [-0.25, -0.2) is 9.18 Å². The first kappa shape index (κ1) is 16.1. The molecule has 0 saturated carbocycles. The van der Waals surface area contributed by atoms with Crippen LogP contribution in [0.1, 0.15) is 32.8 Å². The number of hydrogen-bond acceptors (Lipinski definition) is 4. The van der Waals surface area contributed by atoms with Gasteiger partial charge in [0, 0.05) is 17.3 Å². The molecular weight excluding hydrogens is 287 g/mol. The van der Waals surface area contributed by atoms with Crippen LogP contribution in [0.3, 0.4) is 0 Å². The highest BCUT2D eigenvalue weighted by molar-refractivity contribution is 5.81. The van der Waals surface area contributed by atoms with Crippen molar-refractivity contribution < 1.29 is 14.3 Å². The van der Waals surface area contributed by atoms with Crippen LogP contribution in [0.15, 0.2) is 24.4 Å². The Balaban J connectivity index is 2.47. The molecule has 0 aliphatic rings. The molecule has 1 unspecified atom stereocenters. The lowest BCUT2D eigenvalue weighted by molar-refractivity contribution is -0.145. The molecule has 0 fully saturated rings. The summed E-state index contributed by atoms with van der Waals surface area (Å²) in [5.74, 6) is -1.93. The fourth-order valence-electron chi connectivity index (χ4n) is 2.50. The Kier molecular flexibility index (Phi) is 4.02. The number of nitrogens with zero attached hydrogens (tertiary/aromatic N) is 2. The molecule has 2 rings (SSSR count). The molecule has 118 valence electrons. The lowest BCUT2D eigenvalue weighted by Gasteiger charge is -2.32. The number of hydrogen-bond donors (Lipinski definition) is 3. The predicted molar refractivity (Wildman–Crippen MR) is 79.3 cm³/mol. The van der Waals surface area contributed by atoms with E-state index in [0.717, 1.165) is 0 Å². The topological polar surface area (TPSA) is 105 Å². The SMILES string of the molecule is CC(C)(C)CC(N)(C(=O)O)c1ccc(-c2c[nH]nn2)cc1F. The van der Waals surface area contributed by atoms with Crippen LogP contribution >= 0.6 is 0 Å². The molecule has 4 N–H and O–H groups in total. The second-order valence-electron chi connectivity index (χ2n) is 6.57. The lowest BCUT2D eigenvalue weighted by Crippen LogP contribution is -2.48. The summed E-state index contributed by atoms with van der Waals surface area (Å²) in [5, 5.41) is 19.4. The molecular formula is C15H19FN4O2. The zero-order chi connectivity index (χ0) is 16.5. The van der Waals surface area contributed by atoms with Crippen LogP contribution in [0.4, 0.5) is 4.39 Å². The largest absolute Gasteiger partial charge is 0.480 e. The molecule has 1 atom stereocenters. The summed E-state index contributed by atoms with van der Waals surface area (Å²) < 4.78 is 14.5. The minimum atomic E-state index is -1.79. The van der Waals surface area contributed by atoms with Crippen LogP contribution in [0.25, 0.3) is 11.3 Å². The van der Waals surface area contributed by atoms with Crippen LogP contribution in [-0.2, 0) is 10.3 Å². The first-order valence-corrected chi connectivity index (χ1v) is 6.83. The first-order chi connectivity index (χ1) is 10.1. The number of nitrogens with one attached hydrogen (secondary N) is 1. The van der Waals surface area contributed by atoms with E-state index in [2.05, 4.69) is 15.4 Å². The van der Waals surface area contributed by atoms with Crippen LogP contribution in [0, 0.1) is 11.2 Å².